The fraction of sp³-hybridized carbons (Fsp3) is 0.0556. The maximum Gasteiger partial charge on any atom is 0.246 e. The van der Waals surface area contributed by atoms with Gasteiger partial charge in [0, 0.05) is 27.7 Å². The zero-order valence-electron chi connectivity index (χ0n) is 13.2. The van der Waals surface area contributed by atoms with Crippen LogP contribution in [0, 0.1) is 0 Å². The number of hydrogen-bond donors (Lipinski definition) is 1. The first-order valence-corrected chi connectivity index (χ1v) is 9.21. The summed E-state index contributed by atoms with van der Waals surface area (Å²) < 4.78 is 2.60. The highest BCUT2D eigenvalue weighted by Gasteiger charge is 2.11. The number of carbonyl (C=O) groups is 1. The summed E-state index contributed by atoms with van der Waals surface area (Å²) in [6, 6.07) is 11.8. The van der Waals surface area contributed by atoms with Crippen molar-refractivity contribution >= 4 is 66.7 Å². The van der Waals surface area contributed by atoms with Crippen molar-refractivity contribution in [1.82, 2.24) is 9.55 Å². The van der Waals surface area contributed by atoms with Gasteiger partial charge in [-0.25, -0.2) is 4.98 Å². The number of nitrogens with zero attached hydrogens (tertiary/aromatic N) is 2. The van der Waals surface area contributed by atoms with Gasteiger partial charge in [0.1, 0.15) is 6.54 Å². The largest absolute Gasteiger partial charge is 0.338 e. The predicted molar refractivity (Wildman–Crippen MR) is 106 cm³/mol. The number of carbonyl (C=O) groups excluding carboxylic acids is 1. The molecular weight excluding hydrogens is 393 g/mol. The molecule has 4 rings (SSSR count). The summed E-state index contributed by atoms with van der Waals surface area (Å²) in [4.78, 5) is 28.8. The van der Waals surface area contributed by atoms with E-state index in [4.69, 9.17) is 23.2 Å². The Balaban J connectivity index is 1.60. The van der Waals surface area contributed by atoms with Crippen molar-refractivity contribution < 1.29 is 4.79 Å². The summed E-state index contributed by atoms with van der Waals surface area (Å²) in [5.74, 6) is -0.241. The first-order valence-electron chi connectivity index (χ1n) is 7.64. The van der Waals surface area contributed by atoms with E-state index in [1.165, 1.54) is 17.4 Å². The molecular formula is C18H11Cl2N3O2S. The average Bonchev–Trinajstić information content (AvgIpc) is 2.98. The van der Waals surface area contributed by atoms with E-state index in [0.717, 1.165) is 10.2 Å². The molecule has 1 N–H and O–H groups in total. The zero-order valence-corrected chi connectivity index (χ0v) is 15.5. The van der Waals surface area contributed by atoms with Gasteiger partial charge < -0.3 is 9.88 Å². The highest BCUT2D eigenvalue weighted by Crippen LogP contribution is 2.28. The molecule has 2 aromatic heterocycles. The number of thiazole rings is 1. The average molecular weight is 404 g/mol. The van der Waals surface area contributed by atoms with Crippen molar-refractivity contribution in [3.8, 4) is 0 Å². The van der Waals surface area contributed by atoms with Gasteiger partial charge >= 0.3 is 0 Å². The minimum absolute atomic E-state index is 0.0507. The van der Waals surface area contributed by atoms with E-state index in [0.29, 0.717) is 26.1 Å². The molecule has 2 aromatic carbocycles. The van der Waals surface area contributed by atoms with Gasteiger partial charge in [-0.1, -0.05) is 34.5 Å². The lowest BCUT2D eigenvalue weighted by Gasteiger charge is -2.10. The molecule has 1 amide bonds. The van der Waals surface area contributed by atoms with Crippen LogP contribution in [0.15, 0.2) is 53.5 Å². The number of benzene rings is 2. The fourth-order valence-corrected chi connectivity index (χ4v) is 4.02. The van der Waals surface area contributed by atoms with Crippen LogP contribution in [0.2, 0.25) is 10.0 Å². The molecule has 0 aliphatic rings. The maximum absolute atomic E-state index is 12.4. The smallest absolute Gasteiger partial charge is 0.246 e. The molecule has 0 fully saturated rings. The van der Waals surface area contributed by atoms with Gasteiger partial charge in [0.2, 0.25) is 5.91 Å². The van der Waals surface area contributed by atoms with Crippen molar-refractivity contribution in [2.45, 2.75) is 6.54 Å². The van der Waals surface area contributed by atoms with Gasteiger partial charge in [0.15, 0.2) is 10.6 Å². The lowest BCUT2D eigenvalue weighted by atomic mass is 10.2. The molecule has 0 aliphatic heterocycles. The van der Waals surface area contributed by atoms with Crippen molar-refractivity contribution in [3.63, 3.8) is 0 Å². The first kappa shape index (κ1) is 17.0. The third-order valence-corrected chi connectivity index (χ3v) is 5.25. The molecule has 0 saturated carbocycles. The molecule has 0 radical (unpaired) electrons. The Morgan fingerprint density at radius 3 is 2.73 bits per heavy atom. The first-order chi connectivity index (χ1) is 12.5. The van der Waals surface area contributed by atoms with E-state index in [1.54, 1.807) is 35.0 Å². The molecule has 130 valence electrons. The van der Waals surface area contributed by atoms with Crippen molar-refractivity contribution in [3.05, 3.63) is 68.9 Å². The number of rotatable bonds is 3. The number of aromatic nitrogens is 2. The lowest BCUT2D eigenvalue weighted by Crippen LogP contribution is -2.20. The van der Waals surface area contributed by atoms with E-state index in [1.807, 2.05) is 12.1 Å². The molecule has 8 heteroatoms. The number of anilines is 1. The lowest BCUT2D eigenvalue weighted by molar-refractivity contribution is -0.116. The molecule has 2 heterocycles. The zero-order chi connectivity index (χ0) is 18.3. The summed E-state index contributed by atoms with van der Waals surface area (Å²) >= 11 is 13.3. The second-order valence-corrected chi connectivity index (χ2v) is 7.55. The topological polar surface area (TPSA) is 64.0 Å². The molecule has 0 atom stereocenters. The minimum Gasteiger partial charge on any atom is -0.338 e. The third kappa shape index (κ3) is 3.31. The monoisotopic (exact) mass is 403 g/mol. The van der Waals surface area contributed by atoms with Gasteiger partial charge in [-0.05, 0) is 36.4 Å². The van der Waals surface area contributed by atoms with Crippen LogP contribution in [0.5, 0.6) is 0 Å². The molecule has 26 heavy (non-hydrogen) atoms. The summed E-state index contributed by atoms with van der Waals surface area (Å²) in [5.41, 5.74) is 1.29. The van der Waals surface area contributed by atoms with Gasteiger partial charge in [-0.3, -0.25) is 9.59 Å². The number of hydrogen-bond acceptors (Lipinski definition) is 4. The van der Waals surface area contributed by atoms with Crippen LogP contribution in [0.1, 0.15) is 0 Å². The SMILES string of the molecule is O=C(Cn1ccc(=O)c2cc(Cl)ccc21)Nc1nc2ccc(Cl)cc2s1. The molecule has 0 aliphatic carbocycles. The third-order valence-electron chi connectivity index (χ3n) is 3.85. The van der Waals surface area contributed by atoms with Gasteiger partial charge in [-0.15, -0.1) is 0 Å². The number of nitrogens with one attached hydrogen (secondary N) is 1. The van der Waals surface area contributed by atoms with E-state index < -0.39 is 0 Å². The molecule has 0 bridgehead atoms. The Morgan fingerprint density at radius 2 is 1.88 bits per heavy atom. The van der Waals surface area contributed by atoms with Crippen LogP contribution < -0.4 is 10.7 Å². The predicted octanol–water partition coefficient (Wildman–Crippen LogP) is 4.56. The Kier molecular flexibility index (Phi) is 4.40. The summed E-state index contributed by atoms with van der Waals surface area (Å²) in [6.45, 7) is 0.0507. The Bertz CT molecular complexity index is 1220. The van der Waals surface area contributed by atoms with Crippen LogP contribution in [0.4, 0.5) is 5.13 Å². The standard InChI is InChI=1S/C18H11Cl2N3O2S/c19-10-2-4-14-12(7-10)15(24)5-6-23(14)9-17(25)22-18-21-13-3-1-11(20)8-16(13)26-18/h1-8H,9H2,(H,21,22,25). The number of pyridine rings is 1. The van der Waals surface area contributed by atoms with Crippen molar-refractivity contribution in [2.75, 3.05) is 5.32 Å². The van der Waals surface area contributed by atoms with Crippen molar-refractivity contribution in [1.29, 1.82) is 0 Å². The number of amides is 1. The Hall–Kier alpha value is -2.41. The van der Waals surface area contributed by atoms with Gasteiger partial charge in [0.25, 0.3) is 0 Å². The van der Waals surface area contributed by atoms with Crippen LogP contribution in [-0.4, -0.2) is 15.5 Å². The van der Waals surface area contributed by atoms with E-state index in [-0.39, 0.29) is 17.9 Å². The molecule has 0 spiro atoms. The highest BCUT2D eigenvalue weighted by atomic mass is 35.5. The van der Waals surface area contributed by atoms with E-state index >= 15 is 0 Å². The van der Waals surface area contributed by atoms with Gasteiger partial charge in [0.05, 0.1) is 15.7 Å². The summed E-state index contributed by atoms with van der Waals surface area (Å²) in [6.07, 6.45) is 1.59. The quantitative estimate of drug-likeness (QED) is 0.545. The fourth-order valence-electron chi connectivity index (χ4n) is 2.69. The summed E-state index contributed by atoms with van der Waals surface area (Å²) in [5, 5.41) is 4.86. The minimum atomic E-state index is -0.241. The van der Waals surface area contributed by atoms with Crippen LogP contribution in [0.25, 0.3) is 21.1 Å². The van der Waals surface area contributed by atoms with Crippen LogP contribution in [-0.2, 0) is 11.3 Å². The number of halogens is 2. The van der Waals surface area contributed by atoms with Crippen LogP contribution >= 0.6 is 34.5 Å². The Morgan fingerprint density at radius 1 is 1.12 bits per heavy atom. The van der Waals surface area contributed by atoms with E-state index in [2.05, 4.69) is 10.3 Å². The molecule has 4 aromatic rings. The second kappa shape index (κ2) is 6.72. The van der Waals surface area contributed by atoms with Gasteiger partial charge in [-0.2, -0.15) is 0 Å². The second-order valence-electron chi connectivity index (χ2n) is 5.65. The van der Waals surface area contributed by atoms with Crippen molar-refractivity contribution in [2.24, 2.45) is 0 Å². The number of fused-ring (bicyclic) bond motifs is 2. The molecule has 5 nitrogen and oxygen atoms in total. The highest BCUT2D eigenvalue weighted by molar-refractivity contribution is 7.22. The molecule has 0 unspecified atom stereocenters. The molecule has 0 saturated heterocycles. The van der Waals surface area contributed by atoms with Crippen LogP contribution in [0.3, 0.4) is 0 Å². The maximum atomic E-state index is 12.4. The normalized spacial score (nSPS) is 11.2. The van der Waals surface area contributed by atoms with E-state index in [9.17, 15) is 9.59 Å². The summed E-state index contributed by atoms with van der Waals surface area (Å²) in [7, 11) is 0. The Labute approximate surface area is 161 Å².